The van der Waals surface area contributed by atoms with E-state index in [1.807, 2.05) is 0 Å². The predicted octanol–water partition coefficient (Wildman–Crippen LogP) is 2.21. The summed E-state index contributed by atoms with van der Waals surface area (Å²) in [6.07, 6.45) is 0.207. The summed E-state index contributed by atoms with van der Waals surface area (Å²) in [5.74, 6) is 0.298. The van der Waals surface area contributed by atoms with E-state index in [1.54, 1.807) is 42.5 Å². The Bertz CT molecular complexity index is 1090. The fourth-order valence-corrected chi connectivity index (χ4v) is 3.52. The van der Waals surface area contributed by atoms with Crippen LogP contribution in [-0.2, 0) is 20.9 Å². The molecule has 0 spiro atoms. The molecule has 4 rings (SSSR count). The molecule has 2 aliphatic heterocycles. The first-order valence-electron chi connectivity index (χ1n) is 10.1. The summed E-state index contributed by atoms with van der Waals surface area (Å²) in [5.41, 5.74) is 1.82. The molecular weight excluding hydrogens is 416 g/mol. The summed E-state index contributed by atoms with van der Waals surface area (Å²) in [4.78, 5) is 49.6. The van der Waals surface area contributed by atoms with E-state index in [-0.39, 0.29) is 43.9 Å². The molecule has 10 heteroatoms. The zero-order valence-electron chi connectivity index (χ0n) is 17.3. The molecule has 0 unspecified atom stereocenters. The van der Waals surface area contributed by atoms with Crippen LogP contribution < -0.4 is 25.4 Å². The number of carbonyl (C=O) groups is 4. The number of ether oxygens (including phenoxy) is 2. The first-order chi connectivity index (χ1) is 15.4. The number of urea groups is 1. The largest absolute Gasteiger partial charge is 0.454 e. The van der Waals surface area contributed by atoms with Crippen molar-refractivity contribution in [3.63, 3.8) is 0 Å². The van der Waals surface area contributed by atoms with E-state index >= 15 is 0 Å². The monoisotopic (exact) mass is 438 g/mol. The number of rotatable bonds is 7. The first-order valence-corrected chi connectivity index (χ1v) is 10.1. The molecule has 0 aromatic heterocycles. The van der Waals surface area contributed by atoms with Crippen molar-refractivity contribution in [2.75, 3.05) is 17.4 Å². The average molecular weight is 438 g/mol. The number of imide groups is 1. The van der Waals surface area contributed by atoms with E-state index in [1.165, 1.54) is 6.92 Å². The third kappa shape index (κ3) is 4.80. The Morgan fingerprint density at radius 2 is 1.81 bits per heavy atom. The van der Waals surface area contributed by atoms with Gasteiger partial charge in [-0.15, -0.1) is 0 Å². The Labute approximate surface area is 183 Å². The van der Waals surface area contributed by atoms with Gasteiger partial charge >= 0.3 is 6.03 Å². The third-order valence-electron chi connectivity index (χ3n) is 5.01. The maximum atomic E-state index is 12.7. The Kier molecular flexibility index (Phi) is 5.93. The lowest BCUT2D eigenvalue weighted by atomic mass is 10.1. The molecule has 166 valence electrons. The van der Waals surface area contributed by atoms with Gasteiger partial charge in [0.1, 0.15) is 6.04 Å². The Morgan fingerprint density at radius 1 is 1.06 bits per heavy atom. The van der Waals surface area contributed by atoms with Gasteiger partial charge in [0.25, 0.3) is 5.91 Å². The van der Waals surface area contributed by atoms with Gasteiger partial charge in [0.05, 0.1) is 6.54 Å². The van der Waals surface area contributed by atoms with E-state index in [2.05, 4.69) is 16.0 Å². The molecule has 0 aliphatic carbocycles. The number of nitrogens with one attached hydrogen (secondary N) is 3. The molecule has 0 bridgehead atoms. The zero-order chi connectivity index (χ0) is 22.7. The molecule has 2 aromatic rings. The quantitative estimate of drug-likeness (QED) is 0.569. The van der Waals surface area contributed by atoms with Crippen LogP contribution in [-0.4, -0.2) is 41.5 Å². The van der Waals surface area contributed by atoms with Crippen LogP contribution in [0.5, 0.6) is 11.5 Å². The van der Waals surface area contributed by atoms with Gasteiger partial charge in [0.15, 0.2) is 11.5 Å². The molecule has 1 fully saturated rings. The highest BCUT2D eigenvalue weighted by atomic mass is 16.7. The van der Waals surface area contributed by atoms with Gasteiger partial charge in [-0.3, -0.25) is 19.3 Å². The highest BCUT2D eigenvalue weighted by Gasteiger charge is 2.38. The lowest BCUT2D eigenvalue weighted by Crippen LogP contribution is -2.31. The maximum absolute atomic E-state index is 12.7. The number of hydrogen-bond donors (Lipinski definition) is 3. The summed E-state index contributed by atoms with van der Waals surface area (Å²) >= 11 is 0. The second-order valence-electron chi connectivity index (χ2n) is 7.46. The van der Waals surface area contributed by atoms with Crippen LogP contribution in [0.25, 0.3) is 0 Å². The molecule has 2 aromatic carbocycles. The van der Waals surface area contributed by atoms with Crippen molar-refractivity contribution < 1.29 is 28.7 Å². The number of nitrogens with zero attached hydrogens (tertiary/aromatic N) is 1. The first kappa shape index (κ1) is 21.2. The minimum Gasteiger partial charge on any atom is -0.454 e. The van der Waals surface area contributed by atoms with Crippen LogP contribution in [0.3, 0.4) is 0 Å². The van der Waals surface area contributed by atoms with Crippen molar-refractivity contribution >= 4 is 35.1 Å². The molecule has 3 N–H and O–H groups in total. The van der Waals surface area contributed by atoms with Crippen LogP contribution in [0, 0.1) is 0 Å². The minimum absolute atomic E-state index is 0.0406. The molecule has 0 saturated carbocycles. The standard InChI is InChI=1S/C22H22N4O6/c1-13(27)23-15-3-2-4-16(10-15)24-20(28)8-6-17-21(29)26(22(30)25-17)11-14-5-7-18-19(9-14)32-12-31-18/h2-5,7,9-10,17H,6,8,11-12H2,1H3,(H,23,27)(H,24,28)(H,25,30)/t17-/m0/s1. The van der Waals surface area contributed by atoms with E-state index in [9.17, 15) is 19.2 Å². The topological polar surface area (TPSA) is 126 Å². The fraction of sp³-hybridized carbons (Fsp3) is 0.273. The average Bonchev–Trinajstić information content (AvgIpc) is 3.31. The molecular formula is C22H22N4O6. The van der Waals surface area contributed by atoms with Crippen LogP contribution in [0.4, 0.5) is 16.2 Å². The van der Waals surface area contributed by atoms with Gasteiger partial charge in [-0.2, -0.15) is 0 Å². The van der Waals surface area contributed by atoms with E-state index in [0.29, 0.717) is 22.9 Å². The highest BCUT2D eigenvalue weighted by molar-refractivity contribution is 6.04. The molecule has 1 atom stereocenters. The SMILES string of the molecule is CC(=O)Nc1cccc(NC(=O)CC[C@@H]2NC(=O)N(Cc3ccc4c(c3)OCO4)C2=O)c1. The van der Waals surface area contributed by atoms with E-state index in [4.69, 9.17) is 9.47 Å². The second kappa shape index (κ2) is 8.96. The van der Waals surface area contributed by atoms with E-state index < -0.39 is 12.1 Å². The fourth-order valence-electron chi connectivity index (χ4n) is 3.52. The molecule has 0 radical (unpaired) electrons. The van der Waals surface area contributed by atoms with Gasteiger partial charge in [-0.05, 0) is 42.3 Å². The van der Waals surface area contributed by atoms with Gasteiger partial charge < -0.3 is 25.4 Å². The normalized spacial score (nSPS) is 16.7. The molecule has 32 heavy (non-hydrogen) atoms. The van der Waals surface area contributed by atoms with Crippen molar-refractivity contribution in [2.45, 2.75) is 32.4 Å². The maximum Gasteiger partial charge on any atom is 0.325 e. The Morgan fingerprint density at radius 3 is 2.59 bits per heavy atom. The molecule has 2 aliphatic rings. The number of anilines is 2. The van der Waals surface area contributed by atoms with Gasteiger partial charge in [0.2, 0.25) is 18.6 Å². The lowest BCUT2D eigenvalue weighted by molar-refractivity contribution is -0.128. The van der Waals surface area contributed by atoms with Gasteiger partial charge in [0, 0.05) is 24.7 Å². The highest BCUT2D eigenvalue weighted by Crippen LogP contribution is 2.33. The summed E-state index contributed by atoms with van der Waals surface area (Å²) < 4.78 is 10.6. The van der Waals surface area contributed by atoms with Crippen molar-refractivity contribution in [2.24, 2.45) is 0 Å². The van der Waals surface area contributed by atoms with Crippen LogP contribution >= 0.6 is 0 Å². The summed E-state index contributed by atoms with van der Waals surface area (Å²) in [7, 11) is 0. The van der Waals surface area contributed by atoms with Crippen molar-refractivity contribution in [3.05, 3.63) is 48.0 Å². The number of amides is 5. The van der Waals surface area contributed by atoms with E-state index in [0.717, 1.165) is 10.5 Å². The summed E-state index contributed by atoms with van der Waals surface area (Å²) in [6.45, 7) is 1.64. The van der Waals surface area contributed by atoms with Gasteiger partial charge in [-0.1, -0.05) is 12.1 Å². The number of benzene rings is 2. The zero-order valence-corrected chi connectivity index (χ0v) is 17.3. The van der Waals surface area contributed by atoms with Crippen molar-refractivity contribution in [1.82, 2.24) is 10.2 Å². The second-order valence-corrected chi connectivity index (χ2v) is 7.46. The predicted molar refractivity (Wildman–Crippen MR) is 114 cm³/mol. The summed E-state index contributed by atoms with van der Waals surface area (Å²) in [5, 5.41) is 8.00. The molecule has 1 saturated heterocycles. The number of hydrogen-bond acceptors (Lipinski definition) is 6. The molecule has 5 amide bonds. The van der Waals surface area contributed by atoms with Crippen molar-refractivity contribution in [3.8, 4) is 11.5 Å². The Balaban J connectivity index is 1.30. The Hall–Kier alpha value is -4.08. The smallest absolute Gasteiger partial charge is 0.325 e. The van der Waals surface area contributed by atoms with Crippen LogP contribution in [0.15, 0.2) is 42.5 Å². The third-order valence-corrected chi connectivity index (χ3v) is 5.01. The summed E-state index contributed by atoms with van der Waals surface area (Å²) in [6, 6.07) is 10.7. The molecule has 10 nitrogen and oxygen atoms in total. The lowest BCUT2D eigenvalue weighted by Gasteiger charge is -2.13. The number of fused-ring (bicyclic) bond motifs is 1. The minimum atomic E-state index is -0.770. The number of carbonyl (C=O) groups excluding carboxylic acids is 4. The van der Waals surface area contributed by atoms with Crippen LogP contribution in [0.1, 0.15) is 25.3 Å². The van der Waals surface area contributed by atoms with Crippen molar-refractivity contribution in [1.29, 1.82) is 0 Å². The van der Waals surface area contributed by atoms with Crippen LogP contribution in [0.2, 0.25) is 0 Å². The molecule has 2 heterocycles. The van der Waals surface area contributed by atoms with Gasteiger partial charge in [-0.25, -0.2) is 4.79 Å².